The van der Waals surface area contributed by atoms with E-state index < -0.39 is 0 Å². The summed E-state index contributed by atoms with van der Waals surface area (Å²) in [5.74, 6) is 2.80. The molecule has 0 radical (unpaired) electrons. The maximum absolute atomic E-state index is 4.52. The first-order chi connectivity index (χ1) is 8.08. The van der Waals surface area contributed by atoms with Gasteiger partial charge in [0.15, 0.2) is 0 Å². The fourth-order valence-corrected chi connectivity index (χ4v) is 2.10. The summed E-state index contributed by atoms with van der Waals surface area (Å²) in [4.78, 5) is 13.2. The summed E-state index contributed by atoms with van der Waals surface area (Å²) in [6.45, 7) is 4.08. The molecular formula is C12H21N5. The van der Waals surface area contributed by atoms with Crippen LogP contribution in [0.3, 0.4) is 0 Å². The highest BCUT2D eigenvalue weighted by Crippen LogP contribution is 2.20. The Morgan fingerprint density at radius 1 is 1.24 bits per heavy atom. The van der Waals surface area contributed by atoms with Gasteiger partial charge in [0.05, 0.1) is 0 Å². The van der Waals surface area contributed by atoms with E-state index in [1.54, 1.807) is 0 Å². The normalized spacial score (nSPS) is 19.4. The summed E-state index contributed by atoms with van der Waals surface area (Å²) in [5.41, 5.74) is 0. The van der Waals surface area contributed by atoms with Crippen LogP contribution >= 0.6 is 0 Å². The molecule has 1 aliphatic heterocycles. The van der Waals surface area contributed by atoms with Crippen molar-refractivity contribution in [3.8, 4) is 0 Å². The van der Waals surface area contributed by atoms with E-state index >= 15 is 0 Å². The van der Waals surface area contributed by atoms with Crippen molar-refractivity contribution >= 4 is 11.6 Å². The average molecular weight is 235 g/mol. The van der Waals surface area contributed by atoms with Gasteiger partial charge >= 0.3 is 0 Å². The minimum Gasteiger partial charge on any atom is -0.363 e. The number of hydrogen-bond acceptors (Lipinski definition) is 5. The number of nitrogens with zero attached hydrogens (tertiary/aromatic N) is 4. The summed E-state index contributed by atoms with van der Waals surface area (Å²) in [6.07, 6.45) is 1.18. The molecule has 1 unspecified atom stereocenters. The van der Waals surface area contributed by atoms with Crippen LogP contribution in [0.15, 0.2) is 6.07 Å². The van der Waals surface area contributed by atoms with Gasteiger partial charge in [-0.2, -0.15) is 0 Å². The maximum Gasteiger partial charge on any atom is 0.134 e. The van der Waals surface area contributed by atoms with Gasteiger partial charge in [0, 0.05) is 39.8 Å². The van der Waals surface area contributed by atoms with Crippen molar-refractivity contribution in [3.63, 3.8) is 0 Å². The molecule has 1 atom stereocenters. The average Bonchev–Trinajstić information content (AvgIpc) is 2.80. The summed E-state index contributed by atoms with van der Waals surface area (Å²) in [6, 6.07) is 2.59. The molecule has 0 spiro atoms. The SMILES string of the molecule is Cc1nc(N(C)C)cc(N(C)C2CCNC2)n1. The molecular weight excluding hydrogens is 214 g/mol. The van der Waals surface area contributed by atoms with Crippen molar-refractivity contribution in [1.82, 2.24) is 15.3 Å². The van der Waals surface area contributed by atoms with Crippen LogP contribution in [0.1, 0.15) is 12.2 Å². The third-order valence-corrected chi connectivity index (χ3v) is 3.21. The van der Waals surface area contributed by atoms with Crippen molar-refractivity contribution in [3.05, 3.63) is 11.9 Å². The molecule has 2 heterocycles. The zero-order valence-electron chi connectivity index (χ0n) is 11.1. The Hall–Kier alpha value is -1.36. The van der Waals surface area contributed by atoms with Crippen LogP contribution < -0.4 is 15.1 Å². The zero-order chi connectivity index (χ0) is 12.4. The molecule has 1 aromatic heterocycles. The quantitative estimate of drug-likeness (QED) is 0.833. The molecule has 1 saturated heterocycles. The second kappa shape index (κ2) is 4.87. The molecule has 0 amide bonds. The predicted molar refractivity (Wildman–Crippen MR) is 70.8 cm³/mol. The Balaban J connectivity index is 2.24. The molecule has 2 rings (SSSR count). The van der Waals surface area contributed by atoms with Gasteiger partial charge in [0.25, 0.3) is 0 Å². The molecule has 1 N–H and O–H groups in total. The van der Waals surface area contributed by atoms with Gasteiger partial charge in [-0.25, -0.2) is 9.97 Å². The first-order valence-corrected chi connectivity index (χ1v) is 6.04. The number of nitrogens with one attached hydrogen (secondary N) is 1. The van der Waals surface area contributed by atoms with Gasteiger partial charge in [-0.05, 0) is 19.9 Å². The van der Waals surface area contributed by atoms with Crippen LogP contribution in [-0.4, -0.2) is 50.2 Å². The lowest BCUT2D eigenvalue weighted by Gasteiger charge is -2.26. The first kappa shape index (κ1) is 12.1. The van der Waals surface area contributed by atoms with E-state index in [2.05, 4.69) is 27.2 Å². The standard InChI is InChI=1S/C12H21N5/c1-9-14-11(16(2)3)7-12(15-9)17(4)10-5-6-13-8-10/h7,10,13H,5-6,8H2,1-4H3. The Kier molecular flexibility index (Phi) is 3.47. The largest absolute Gasteiger partial charge is 0.363 e. The lowest BCUT2D eigenvalue weighted by atomic mass is 10.2. The fraction of sp³-hybridized carbons (Fsp3) is 0.667. The van der Waals surface area contributed by atoms with Crippen molar-refractivity contribution in [2.75, 3.05) is 44.0 Å². The van der Waals surface area contributed by atoms with Crippen molar-refractivity contribution in [1.29, 1.82) is 0 Å². The Bertz CT molecular complexity index is 384. The number of rotatable bonds is 3. The summed E-state index contributed by atoms with van der Waals surface area (Å²) < 4.78 is 0. The van der Waals surface area contributed by atoms with Crippen LogP contribution in [0.4, 0.5) is 11.6 Å². The van der Waals surface area contributed by atoms with Crippen LogP contribution in [0, 0.1) is 6.92 Å². The van der Waals surface area contributed by atoms with Crippen LogP contribution in [0.25, 0.3) is 0 Å². The third kappa shape index (κ3) is 2.66. The van der Waals surface area contributed by atoms with Gasteiger partial charge in [0.2, 0.25) is 0 Å². The third-order valence-electron chi connectivity index (χ3n) is 3.21. The van der Waals surface area contributed by atoms with E-state index in [0.717, 1.165) is 30.5 Å². The fourth-order valence-electron chi connectivity index (χ4n) is 2.10. The highest BCUT2D eigenvalue weighted by molar-refractivity contribution is 5.50. The monoisotopic (exact) mass is 235 g/mol. The minimum atomic E-state index is 0.541. The smallest absolute Gasteiger partial charge is 0.134 e. The van der Waals surface area contributed by atoms with Gasteiger partial charge in [0.1, 0.15) is 17.5 Å². The number of anilines is 2. The Labute approximate surface area is 103 Å². The van der Waals surface area contributed by atoms with Gasteiger partial charge in [-0.3, -0.25) is 0 Å². The molecule has 94 valence electrons. The van der Waals surface area contributed by atoms with Crippen molar-refractivity contribution in [2.24, 2.45) is 0 Å². The highest BCUT2D eigenvalue weighted by Gasteiger charge is 2.21. The van der Waals surface area contributed by atoms with E-state index in [1.165, 1.54) is 6.42 Å². The molecule has 0 saturated carbocycles. The van der Waals surface area contributed by atoms with Crippen molar-refractivity contribution in [2.45, 2.75) is 19.4 Å². The molecule has 17 heavy (non-hydrogen) atoms. The van der Waals surface area contributed by atoms with Crippen LogP contribution in [0.5, 0.6) is 0 Å². The summed E-state index contributed by atoms with van der Waals surface area (Å²) in [5, 5.41) is 3.38. The molecule has 0 bridgehead atoms. The lowest BCUT2D eigenvalue weighted by Crippen LogP contribution is -2.34. The molecule has 5 heteroatoms. The number of aromatic nitrogens is 2. The molecule has 0 aromatic carbocycles. The molecule has 0 aliphatic carbocycles. The number of aryl methyl sites for hydroxylation is 1. The van der Waals surface area contributed by atoms with E-state index in [1.807, 2.05) is 32.0 Å². The molecule has 5 nitrogen and oxygen atoms in total. The number of likely N-dealkylation sites (N-methyl/N-ethyl adjacent to an activating group) is 1. The Morgan fingerprint density at radius 3 is 2.53 bits per heavy atom. The maximum atomic E-state index is 4.52. The number of hydrogen-bond donors (Lipinski definition) is 1. The predicted octanol–water partition coefficient (Wildman–Crippen LogP) is 0.649. The van der Waals surface area contributed by atoms with E-state index in [9.17, 15) is 0 Å². The highest BCUT2D eigenvalue weighted by atomic mass is 15.2. The van der Waals surface area contributed by atoms with Gasteiger partial charge in [-0.1, -0.05) is 0 Å². The summed E-state index contributed by atoms with van der Waals surface area (Å²) >= 11 is 0. The van der Waals surface area contributed by atoms with E-state index in [-0.39, 0.29) is 0 Å². The molecule has 1 fully saturated rings. The first-order valence-electron chi connectivity index (χ1n) is 6.04. The zero-order valence-corrected chi connectivity index (χ0v) is 11.1. The molecule has 1 aliphatic rings. The van der Waals surface area contributed by atoms with E-state index in [0.29, 0.717) is 6.04 Å². The second-order valence-electron chi connectivity index (χ2n) is 4.78. The lowest BCUT2D eigenvalue weighted by molar-refractivity contribution is 0.675. The van der Waals surface area contributed by atoms with Gasteiger partial charge < -0.3 is 15.1 Å². The topological polar surface area (TPSA) is 44.3 Å². The second-order valence-corrected chi connectivity index (χ2v) is 4.78. The van der Waals surface area contributed by atoms with Crippen molar-refractivity contribution < 1.29 is 0 Å². The summed E-state index contributed by atoms with van der Waals surface area (Å²) in [7, 11) is 6.12. The van der Waals surface area contributed by atoms with Crippen LogP contribution in [0.2, 0.25) is 0 Å². The minimum absolute atomic E-state index is 0.541. The Morgan fingerprint density at radius 2 is 1.94 bits per heavy atom. The van der Waals surface area contributed by atoms with Crippen LogP contribution in [-0.2, 0) is 0 Å². The van der Waals surface area contributed by atoms with Gasteiger partial charge in [-0.15, -0.1) is 0 Å². The molecule has 1 aromatic rings. The van der Waals surface area contributed by atoms with E-state index in [4.69, 9.17) is 0 Å².